The third-order valence-electron chi connectivity index (χ3n) is 5.59. The number of amides is 1. The molecule has 2 aromatic heterocycles. The maximum absolute atomic E-state index is 13.5. The lowest BCUT2D eigenvalue weighted by atomic mass is 10.2. The second-order valence-electron chi connectivity index (χ2n) is 8.27. The third kappa shape index (κ3) is 6.46. The number of nitrogens with zero attached hydrogens (tertiary/aromatic N) is 2. The van der Waals surface area contributed by atoms with E-state index in [1.807, 2.05) is 36.4 Å². The van der Waals surface area contributed by atoms with Gasteiger partial charge in [0, 0.05) is 0 Å². The van der Waals surface area contributed by atoms with Crippen LogP contribution in [0, 0.1) is 11.3 Å². The molecule has 0 radical (unpaired) electrons. The van der Waals surface area contributed by atoms with Gasteiger partial charge in [-0.25, -0.2) is 0 Å². The molecule has 0 bridgehead atoms. The minimum atomic E-state index is -0.582. The van der Waals surface area contributed by atoms with E-state index >= 15 is 0 Å². The lowest BCUT2D eigenvalue weighted by Crippen LogP contribution is -2.33. The minimum absolute atomic E-state index is 0.129. The third-order valence-corrected chi connectivity index (χ3v) is 6.68. The Balaban J connectivity index is 1.73. The van der Waals surface area contributed by atoms with Gasteiger partial charge in [0.05, 0.1) is 29.6 Å². The second-order valence-corrected chi connectivity index (χ2v) is 9.30. The van der Waals surface area contributed by atoms with Crippen LogP contribution in [0.15, 0.2) is 82.2 Å². The van der Waals surface area contributed by atoms with Gasteiger partial charge >= 0.3 is 0 Å². The lowest BCUT2D eigenvalue weighted by Gasteiger charge is -2.05. The van der Waals surface area contributed by atoms with Gasteiger partial charge in [0.15, 0.2) is 5.57 Å². The Morgan fingerprint density at radius 2 is 1.89 bits per heavy atom. The normalized spacial score (nSPS) is 12.2. The standard InChI is InChI=1S/C29H27N3O4S/c1-2-3-7-16-35-23-14-12-21(13-15-23)18-26-28(34)32(22-9-5-4-6-10-22)29(37-26)25(19-30)27(33)31-20-24-11-8-17-36-24/h4-6,8-15,17-18H,2-3,7,16,20H2,1H3,(H,31,33)/b26-18-,29-25-. The van der Waals surface area contributed by atoms with Gasteiger partial charge in [-0.1, -0.05) is 50.1 Å². The predicted octanol–water partition coefficient (Wildman–Crippen LogP) is 3.88. The molecule has 2 heterocycles. The van der Waals surface area contributed by atoms with Crippen LogP contribution in [0.2, 0.25) is 0 Å². The van der Waals surface area contributed by atoms with Crippen LogP contribution in [0.25, 0.3) is 17.3 Å². The summed E-state index contributed by atoms with van der Waals surface area (Å²) in [5.74, 6) is 0.750. The van der Waals surface area contributed by atoms with E-state index in [2.05, 4.69) is 12.2 Å². The molecule has 0 aliphatic carbocycles. The van der Waals surface area contributed by atoms with Crippen molar-refractivity contribution in [2.45, 2.75) is 32.7 Å². The Hall–Kier alpha value is -4.35. The van der Waals surface area contributed by atoms with Crippen LogP contribution in [0.3, 0.4) is 0 Å². The summed E-state index contributed by atoms with van der Waals surface area (Å²) in [5.41, 5.74) is 0.929. The molecule has 37 heavy (non-hydrogen) atoms. The van der Waals surface area contributed by atoms with Gasteiger partial charge in [0.25, 0.3) is 11.5 Å². The van der Waals surface area contributed by atoms with Crippen molar-refractivity contribution in [2.75, 3.05) is 6.61 Å². The van der Waals surface area contributed by atoms with Crippen molar-refractivity contribution in [3.63, 3.8) is 0 Å². The zero-order valence-electron chi connectivity index (χ0n) is 20.5. The fourth-order valence-corrected chi connectivity index (χ4v) is 4.78. The maximum atomic E-state index is 13.5. The number of ether oxygens (including phenoxy) is 1. The molecular weight excluding hydrogens is 486 g/mol. The topological polar surface area (TPSA) is 97.3 Å². The van der Waals surface area contributed by atoms with Crippen LogP contribution < -0.4 is 24.8 Å². The summed E-state index contributed by atoms with van der Waals surface area (Å²) in [6.45, 7) is 2.95. The van der Waals surface area contributed by atoms with E-state index in [1.165, 1.54) is 10.8 Å². The largest absolute Gasteiger partial charge is 0.494 e. The monoisotopic (exact) mass is 513 g/mol. The number of thiazole rings is 1. The van der Waals surface area contributed by atoms with Crippen molar-refractivity contribution in [3.05, 3.63) is 104 Å². The van der Waals surface area contributed by atoms with Gasteiger partial charge < -0.3 is 14.5 Å². The van der Waals surface area contributed by atoms with E-state index in [-0.39, 0.29) is 22.3 Å². The Kier molecular flexibility index (Phi) is 8.74. The van der Waals surface area contributed by atoms with E-state index in [0.29, 0.717) is 22.6 Å². The summed E-state index contributed by atoms with van der Waals surface area (Å²) >= 11 is 1.10. The number of aromatic nitrogens is 1. The summed E-state index contributed by atoms with van der Waals surface area (Å²) in [6, 6.07) is 21.9. The van der Waals surface area contributed by atoms with Crippen LogP contribution in [0.5, 0.6) is 5.75 Å². The summed E-state index contributed by atoms with van der Waals surface area (Å²) in [7, 11) is 0. The van der Waals surface area contributed by atoms with E-state index in [1.54, 1.807) is 42.5 Å². The van der Waals surface area contributed by atoms with E-state index in [4.69, 9.17) is 9.15 Å². The molecule has 4 rings (SSSR count). The highest BCUT2D eigenvalue weighted by atomic mass is 32.1. The molecule has 8 heteroatoms. The summed E-state index contributed by atoms with van der Waals surface area (Å²) in [6.07, 6.45) is 6.54. The summed E-state index contributed by atoms with van der Waals surface area (Å²) in [5, 5.41) is 12.6. The molecule has 0 fully saturated rings. The number of furan rings is 1. The number of para-hydroxylation sites is 1. The molecule has 188 valence electrons. The molecule has 0 unspecified atom stereocenters. The molecule has 0 atom stereocenters. The Labute approximate surface area is 218 Å². The fourth-order valence-electron chi connectivity index (χ4n) is 3.68. The zero-order valence-corrected chi connectivity index (χ0v) is 21.3. The predicted molar refractivity (Wildman–Crippen MR) is 144 cm³/mol. The van der Waals surface area contributed by atoms with Gasteiger partial charge in [0.1, 0.15) is 22.2 Å². The molecule has 1 amide bonds. The van der Waals surface area contributed by atoms with Crippen molar-refractivity contribution in [2.24, 2.45) is 0 Å². The summed E-state index contributed by atoms with van der Waals surface area (Å²) in [4.78, 5) is 26.5. The molecule has 1 N–H and O–H groups in total. The van der Waals surface area contributed by atoms with Crippen molar-refractivity contribution in [1.29, 1.82) is 5.26 Å². The first kappa shape index (κ1) is 25.7. The van der Waals surface area contributed by atoms with Crippen LogP contribution in [0.4, 0.5) is 0 Å². The number of unbranched alkanes of at least 4 members (excludes halogenated alkanes) is 2. The van der Waals surface area contributed by atoms with Crippen LogP contribution in [0.1, 0.15) is 37.5 Å². The van der Waals surface area contributed by atoms with Crippen molar-refractivity contribution in [1.82, 2.24) is 9.88 Å². The fraction of sp³-hybridized carbons (Fsp3) is 0.207. The van der Waals surface area contributed by atoms with Crippen LogP contribution in [-0.2, 0) is 11.3 Å². The first-order chi connectivity index (χ1) is 18.1. The molecular formula is C29H27N3O4S. The highest BCUT2D eigenvalue weighted by molar-refractivity contribution is 7.07. The number of carbonyl (C=O) groups excluding carboxylic acids is 1. The van der Waals surface area contributed by atoms with E-state index < -0.39 is 5.91 Å². The van der Waals surface area contributed by atoms with Crippen molar-refractivity contribution in [3.8, 4) is 17.5 Å². The van der Waals surface area contributed by atoms with E-state index in [0.717, 1.165) is 41.9 Å². The maximum Gasteiger partial charge on any atom is 0.273 e. The molecule has 0 spiro atoms. The number of hydrogen-bond donors (Lipinski definition) is 1. The molecule has 0 aliphatic rings. The highest BCUT2D eigenvalue weighted by Crippen LogP contribution is 2.13. The molecule has 2 aromatic carbocycles. The van der Waals surface area contributed by atoms with Gasteiger partial charge in [-0.05, 0) is 54.5 Å². The number of benzene rings is 2. The SMILES string of the molecule is CCCCCOc1ccc(/C=c2\s/c(=C(/C#N)C(=O)NCc3ccco3)n(-c3ccccc3)c2=O)cc1. The Morgan fingerprint density at radius 3 is 2.57 bits per heavy atom. The summed E-state index contributed by atoms with van der Waals surface area (Å²) < 4.78 is 13.1. The van der Waals surface area contributed by atoms with Gasteiger partial charge in [-0.2, -0.15) is 5.26 Å². The average Bonchev–Trinajstić information content (AvgIpc) is 3.55. The minimum Gasteiger partial charge on any atom is -0.494 e. The van der Waals surface area contributed by atoms with Gasteiger partial charge in [-0.15, -0.1) is 11.3 Å². The van der Waals surface area contributed by atoms with Crippen molar-refractivity contribution < 1.29 is 13.9 Å². The quantitative estimate of drug-likeness (QED) is 0.325. The first-order valence-electron chi connectivity index (χ1n) is 12.1. The molecule has 0 aliphatic heterocycles. The van der Waals surface area contributed by atoms with Crippen molar-refractivity contribution >= 4 is 28.9 Å². The lowest BCUT2D eigenvalue weighted by molar-refractivity contribution is -0.115. The van der Waals surface area contributed by atoms with E-state index in [9.17, 15) is 14.9 Å². The average molecular weight is 514 g/mol. The van der Waals surface area contributed by atoms with Crippen LogP contribution in [-0.4, -0.2) is 17.1 Å². The second kappa shape index (κ2) is 12.6. The smallest absolute Gasteiger partial charge is 0.273 e. The number of nitriles is 1. The van der Waals surface area contributed by atoms with Crippen LogP contribution >= 0.6 is 11.3 Å². The number of hydrogen-bond acceptors (Lipinski definition) is 6. The highest BCUT2D eigenvalue weighted by Gasteiger charge is 2.17. The molecule has 4 aromatic rings. The van der Waals surface area contributed by atoms with Gasteiger partial charge in [0.2, 0.25) is 0 Å². The molecule has 0 saturated carbocycles. The number of nitrogens with one attached hydrogen (secondary N) is 1. The molecule has 7 nitrogen and oxygen atoms in total. The zero-order chi connectivity index (χ0) is 26.0. The number of rotatable bonds is 10. The Bertz CT molecular complexity index is 1540. The van der Waals surface area contributed by atoms with Gasteiger partial charge in [-0.3, -0.25) is 14.2 Å². The number of carbonyl (C=O) groups is 1. The first-order valence-corrected chi connectivity index (χ1v) is 12.9. The molecule has 0 saturated heterocycles. The Morgan fingerprint density at radius 1 is 1.11 bits per heavy atom.